The van der Waals surface area contributed by atoms with E-state index in [2.05, 4.69) is 15.9 Å². The maximum Gasteiger partial charge on any atom is 0.303 e. The molecule has 1 aromatic rings. The lowest BCUT2D eigenvalue weighted by molar-refractivity contribution is -0.139. The van der Waals surface area contributed by atoms with Gasteiger partial charge in [0.25, 0.3) is 5.91 Å². The number of rotatable bonds is 3. The molecule has 1 heterocycles. The van der Waals surface area contributed by atoms with Crippen LogP contribution >= 0.6 is 15.9 Å². The van der Waals surface area contributed by atoms with Crippen LogP contribution in [0.3, 0.4) is 0 Å². The normalized spacial score (nSPS) is 15.3. The molecule has 1 aromatic carbocycles. The molecule has 96 valence electrons. The Morgan fingerprint density at radius 3 is 2.72 bits per heavy atom. The Hall–Kier alpha value is -1.36. The molecule has 1 saturated heterocycles. The zero-order chi connectivity index (χ0) is 13.3. The van der Waals surface area contributed by atoms with Gasteiger partial charge in [-0.25, -0.2) is 0 Å². The predicted octanol–water partition coefficient (Wildman–Crippen LogP) is 2.30. The van der Waals surface area contributed by atoms with Crippen LogP contribution in [0.2, 0.25) is 0 Å². The van der Waals surface area contributed by atoms with Crippen molar-refractivity contribution in [1.82, 2.24) is 4.90 Å². The van der Waals surface area contributed by atoms with Crippen LogP contribution in [0.5, 0.6) is 0 Å². The second-order valence-electron chi connectivity index (χ2n) is 4.63. The van der Waals surface area contributed by atoms with E-state index in [4.69, 9.17) is 5.11 Å². The number of amides is 1. The summed E-state index contributed by atoms with van der Waals surface area (Å²) >= 11 is 3.35. The molecule has 1 aliphatic rings. The van der Waals surface area contributed by atoms with Gasteiger partial charge in [-0.1, -0.05) is 22.0 Å². The molecule has 1 aliphatic heterocycles. The van der Waals surface area contributed by atoms with Gasteiger partial charge in [0.05, 0.1) is 6.42 Å². The molecule has 1 amide bonds. The van der Waals surface area contributed by atoms with Gasteiger partial charge in [-0.15, -0.1) is 0 Å². The summed E-state index contributed by atoms with van der Waals surface area (Å²) in [5.74, 6) is -0.722. The first-order valence-electron chi connectivity index (χ1n) is 5.74. The van der Waals surface area contributed by atoms with Crippen LogP contribution in [0.15, 0.2) is 22.7 Å². The maximum absolute atomic E-state index is 12.2. The molecule has 0 spiro atoms. The van der Waals surface area contributed by atoms with Gasteiger partial charge >= 0.3 is 5.97 Å². The zero-order valence-corrected chi connectivity index (χ0v) is 11.6. The van der Waals surface area contributed by atoms with Gasteiger partial charge in [0.2, 0.25) is 0 Å². The van der Waals surface area contributed by atoms with Crippen LogP contribution in [0.4, 0.5) is 0 Å². The standard InChI is InChI=1S/C13H14BrNO3/c1-8-2-3-10(14)5-11(8)13(18)15-6-9(7-15)4-12(16)17/h2-3,5,9H,4,6-7H2,1H3,(H,16,17). The number of likely N-dealkylation sites (tertiary alicyclic amines) is 1. The van der Waals surface area contributed by atoms with Crippen LogP contribution in [-0.4, -0.2) is 35.0 Å². The Balaban J connectivity index is 2.01. The molecule has 1 fully saturated rings. The van der Waals surface area contributed by atoms with E-state index in [1.54, 1.807) is 4.90 Å². The van der Waals surface area contributed by atoms with Crippen molar-refractivity contribution in [3.05, 3.63) is 33.8 Å². The second kappa shape index (κ2) is 5.10. The Morgan fingerprint density at radius 2 is 2.11 bits per heavy atom. The third-order valence-electron chi connectivity index (χ3n) is 3.14. The molecule has 0 atom stereocenters. The molecule has 0 aromatic heterocycles. The fraction of sp³-hybridized carbons (Fsp3) is 0.385. The van der Waals surface area contributed by atoms with E-state index in [9.17, 15) is 9.59 Å². The number of aliphatic carboxylic acids is 1. The number of nitrogens with zero attached hydrogens (tertiary/aromatic N) is 1. The number of carbonyl (C=O) groups excluding carboxylic acids is 1. The average molecular weight is 312 g/mol. The molecule has 5 heteroatoms. The number of benzene rings is 1. The molecule has 4 nitrogen and oxygen atoms in total. The quantitative estimate of drug-likeness (QED) is 0.932. The molecule has 18 heavy (non-hydrogen) atoms. The van der Waals surface area contributed by atoms with E-state index >= 15 is 0 Å². The molecule has 0 saturated carbocycles. The van der Waals surface area contributed by atoms with Crippen LogP contribution in [-0.2, 0) is 4.79 Å². The third-order valence-corrected chi connectivity index (χ3v) is 3.63. The Labute approximate surface area is 114 Å². The first kappa shape index (κ1) is 13.1. The van der Waals surface area contributed by atoms with Crippen molar-refractivity contribution in [2.24, 2.45) is 5.92 Å². The number of carboxylic acid groups (broad SMARTS) is 1. The minimum absolute atomic E-state index is 0.0181. The highest BCUT2D eigenvalue weighted by Crippen LogP contribution is 2.24. The number of halogens is 1. The van der Waals surface area contributed by atoms with Gasteiger partial charge in [0.15, 0.2) is 0 Å². The van der Waals surface area contributed by atoms with Gasteiger partial charge in [0.1, 0.15) is 0 Å². The lowest BCUT2D eigenvalue weighted by Gasteiger charge is -2.38. The van der Waals surface area contributed by atoms with Crippen molar-refractivity contribution in [3.8, 4) is 0 Å². The van der Waals surface area contributed by atoms with Crippen molar-refractivity contribution in [1.29, 1.82) is 0 Å². The van der Waals surface area contributed by atoms with Gasteiger partial charge in [-0.2, -0.15) is 0 Å². The Bertz CT molecular complexity index is 495. The van der Waals surface area contributed by atoms with E-state index in [-0.39, 0.29) is 18.2 Å². The van der Waals surface area contributed by atoms with Crippen LogP contribution < -0.4 is 0 Å². The van der Waals surface area contributed by atoms with Crippen molar-refractivity contribution < 1.29 is 14.7 Å². The number of aryl methyl sites for hydroxylation is 1. The fourth-order valence-corrected chi connectivity index (χ4v) is 2.47. The fourth-order valence-electron chi connectivity index (χ4n) is 2.11. The number of carboxylic acids is 1. The summed E-state index contributed by atoms with van der Waals surface area (Å²) in [6, 6.07) is 5.60. The topological polar surface area (TPSA) is 57.6 Å². The largest absolute Gasteiger partial charge is 0.481 e. The van der Waals surface area contributed by atoms with Crippen LogP contribution in [0.1, 0.15) is 22.3 Å². The summed E-state index contributed by atoms with van der Waals surface area (Å²) in [5, 5.41) is 8.66. The molecule has 0 radical (unpaired) electrons. The van der Waals surface area contributed by atoms with Crippen molar-refractivity contribution in [2.75, 3.05) is 13.1 Å². The smallest absolute Gasteiger partial charge is 0.303 e. The lowest BCUT2D eigenvalue weighted by Crippen LogP contribution is -2.50. The number of hydrogen-bond donors (Lipinski definition) is 1. The first-order chi connectivity index (χ1) is 8.47. The SMILES string of the molecule is Cc1ccc(Br)cc1C(=O)N1CC(CC(=O)O)C1. The van der Waals surface area contributed by atoms with Gasteiger partial charge in [-0.3, -0.25) is 9.59 Å². The predicted molar refractivity (Wildman–Crippen MR) is 70.5 cm³/mol. The Morgan fingerprint density at radius 1 is 1.44 bits per heavy atom. The molecular formula is C13H14BrNO3. The summed E-state index contributed by atoms with van der Waals surface area (Å²) in [6.45, 7) is 2.97. The van der Waals surface area contributed by atoms with Crippen molar-refractivity contribution in [3.63, 3.8) is 0 Å². The zero-order valence-electron chi connectivity index (χ0n) is 10.0. The van der Waals surface area contributed by atoms with E-state index in [1.165, 1.54) is 0 Å². The molecule has 0 bridgehead atoms. The molecule has 0 aliphatic carbocycles. The van der Waals surface area contributed by atoms with E-state index in [1.807, 2.05) is 25.1 Å². The lowest BCUT2D eigenvalue weighted by atomic mass is 9.95. The van der Waals surface area contributed by atoms with E-state index in [0.29, 0.717) is 18.7 Å². The van der Waals surface area contributed by atoms with Gasteiger partial charge in [-0.05, 0) is 24.6 Å². The highest BCUT2D eigenvalue weighted by atomic mass is 79.9. The highest BCUT2D eigenvalue weighted by Gasteiger charge is 2.32. The summed E-state index contributed by atoms with van der Waals surface area (Å²) in [4.78, 5) is 24.4. The number of carbonyl (C=O) groups is 2. The van der Waals surface area contributed by atoms with Crippen molar-refractivity contribution >= 4 is 27.8 Å². The molecular weight excluding hydrogens is 298 g/mol. The van der Waals surface area contributed by atoms with E-state index in [0.717, 1.165) is 10.0 Å². The van der Waals surface area contributed by atoms with Crippen LogP contribution in [0.25, 0.3) is 0 Å². The van der Waals surface area contributed by atoms with Crippen molar-refractivity contribution in [2.45, 2.75) is 13.3 Å². The first-order valence-corrected chi connectivity index (χ1v) is 6.54. The highest BCUT2D eigenvalue weighted by molar-refractivity contribution is 9.10. The monoisotopic (exact) mass is 311 g/mol. The third kappa shape index (κ3) is 2.72. The summed E-state index contributed by atoms with van der Waals surface area (Å²) < 4.78 is 0.874. The summed E-state index contributed by atoms with van der Waals surface area (Å²) in [7, 11) is 0. The average Bonchev–Trinajstić information content (AvgIpc) is 2.25. The Kier molecular flexibility index (Phi) is 3.71. The summed E-state index contributed by atoms with van der Waals surface area (Å²) in [5.41, 5.74) is 1.61. The molecule has 2 rings (SSSR count). The minimum atomic E-state index is -0.800. The maximum atomic E-state index is 12.2. The number of hydrogen-bond acceptors (Lipinski definition) is 2. The van der Waals surface area contributed by atoms with Crippen LogP contribution in [0, 0.1) is 12.8 Å². The van der Waals surface area contributed by atoms with E-state index < -0.39 is 5.97 Å². The molecule has 1 N–H and O–H groups in total. The summed E-state index contributed by atoms with van der Waals surface area (Å²) in [6.07, 6.45) is 0.140. The van der Waals surface area contributed by atoms with Gasteiger partial charge < -0.3 is 10.0 Å². The molecule has 0 unspecified atom stereocenters. The van der Waals surface area contributed by atoms with Gasteiger partial charge in [0, 0.05) is 29.0 Å². The minimum Gasteiger partial charge on any atom is -0.481 e. The second-order valence-corrected chi connectivity index (χ2v) is 5.55.